The average Bonchev–Trinajstić information content (AvgIpc) is 2.36. The number of pyridine rings is 1. The standard InChI is InChI=1S/C12H18N2O3/c13-11-9-10(4-5-14-11)15-7-8-17-12-3-1-2-6-16-12/h4-5,9,12H,1-3,6-8H2,(H2,13,14). The van der Waals surface area contributed by atoms with Crippen molar-refractivity contribution in [2.24, 2.45) is 0 Å². The molecule has 1 unspecified atom stereocenters. The molecular formula is C12H18N2O3. The molecule has 17 heavy (non-hydrogen) atoms. The highest BCUT2D eigenvalue weighted by molar-refractivity contribution is 5.35. The molecule has 94 valence electrons. The Morgan fingerprint density at radius 2 is 2.35 bits per heavy atom. The summed E-state index contributed by atoms with van der Waals surface area (Å²) < 4.78 is 16.5. The zero-order chi connectivity index (χ0) is 11.9. The topological polar surface area (TPSA) is 66.6 Å². The van der Waals surface area contributed by atoms with Crippen LogP contribution < -0.4 is 10.5 Å². The van der Waals surface area contributed by atoms with Crippen LogP contribution in [0.25, 0.3) is 0 Å². The van der Waals surface area contributed by atoms with Gasteiger partial charge >= 0.3 is 0 Å². The van der Waals surface area contributed by atoms with E-state index in [0.29, 0.717) is 24.8 Å². The summed E-state index contributed by atoms with van der Waals surface area (Å²) in [7, 11) is 0. The molecule has 1 saturated heterocycles. The smallest absolute Gasteiger partial charge is 0.157 e. The largest absolute Gasteiger partial charge is 0.491 e. The molecule has 0 aliphatic carbocycles. The van der Waals surface area contributed by atoms with Gasteiger partial charge in [0, 0.05) is 18.9 Å². The predicted octanol–water partition coefficient (Wildman–Crippen LogP) is 1.59. The van der Waals surface area contributed by atoms with Gasteiger partial charge in [0.05, 0.1) is 6.61 Å². The first kappa shape index (κ1) is 12.1. The highest BCUT2D eigenvalue weighted by atomic mass is 16.7. The minimum absolute atomic E-state index is 0.0603. The van der Waals surface area contributed by atoms with Crippen LogP contribution in [0.2, 0.25) is 0 Å². The fourth-order valence-corrected chi connectivity index (χ4v) is 1.70. The van der Waals surface area contributed by atoms with Gasteiger partial charge in [0.2, 0.25) is 0 Å². The van der Waals surface area contributed by atoms with Crippen LogP contribution in [-0.4, -0.2) is 31.1 Å². The summed E-state index contributed by atoms with van der Waals surface area (Å²) in [6.07, 6.45) is 4.84. The van der Waals surface area contributed by atoms with Crippen molar-refractivity contribution in [2.45, 2.75) is 25.6 Å². The molecule has 0 saturated carbocycles. The van der Waals surface area contributed by atoms with Gasteiger partial charge < -0.3 is 19.9 Å². The Labute approximate surface area is 101 Å². The fourth-order valence-electron chi connectivity index (χ4n) is 1.70. The molecule has 1 atom stereocenters. The monoisotopic (exact) mass is 238 g/mol. The van der Waals surface area contributed by atoms with E-state index in [0.717, 1.165) is 19.4 Å². The molecule has 1 aliphatic heterocycles. The van der Waals surface area contributed by atoms with Crippen molar-refractivity contribution in [3.05, 3.63) is 18.3 Å². The Hall–Kier alpha value is -1.33. The lowest BCUT2D eigenvalue weighted by Gasteiger charge is -2.22. The van der Waals surface area contributed by atoms with E-state index in [2.05, 4.69) is 4.98 Å². The van der Waals surface area contributed by atoms with E-state index in [1.807, 2.05) is 0 Å². The summed E-state index contributed by atoms with van der Waals surface area (Å²) >= 11 is 0. The van der Waals surface area contributed by atoms with Crippen molar-refractivity contribution in [3.63, 3.8) is 0 Å². The van der Waals surface area contributed by atoms with Crippen LogP contribution in [-0.2, 0) is 9.47 Å². The van der Waals surface area contributed by atoms with Crippen LogP contribution in [0.5, 0.6) is 5.75 Å². The number of hydrogen-bond acceptors (Lipinski definition) is 5. The first-order chi connectivity index (χ1) is 8.34. The summed E-state index contributed by atoms with van der Waals surface area (Å²) in [5, 5.41) is 0. The summed E-state index contributed by atoms with van der Waals surface area (Å²) in [6.45, 7) is 1.81. The van der Waals surface area contributed by atoms with E-state index in [4.69, 9.17) is 19.9 Å². The van der Waals surface area contributed by atoms with Crippen molar-refractivity contribution < 1.29 is 14.2 Å². The fraction of sp³-hybridized carbons (Fsp3) is 0.583. The third-order valence-electron chi connectivity index (χ3n) is 2.55. The molecule has 1 fully saturated rings. The van der Waals surface area contributed by atoms with Crippen LogP contribution in [0, 0.1) is 0 Å². The molecule has 5 heteroatoms. The molecule has 0 amide bonds. The van der Waals surface area contributed by atoms with Crippen LogP contribution in [0.3, 0.4) is 0 Å². The van der Waals surface area contributed by atoms with Crippen molar-refractivity contribution in [1.29, 1.82) is 0 Å². The summed E-state index contributed by atoms with van der Waals surface area (Å²) in [4.78, 5) is 3.89. The van der Waals surface area contributed by atoms with E-state index < -0.39 is 0 Å². The van der Waals surface area contributed by atoms with E-state index in [9.17, 15) is 0 Å². The number of ether oxygens (including phenoxy) is 3. The summed E-state index contributed by atoms with van der Waals surface area (Å²) in [5.74, 6) is 1.17. The predicted molar refractivity (Wildman–Crippen MR) is 63.7 cm³/mol. The van der Waals surface area contributed by atoms with Gasteiger partial charge in [-0.2, -0.15) is 0 Å². The van der Waals surface area contributed by atoms with Gasteiger partial charge in [0.15, 0.2) is 6.29 Å². The van der Waals surface area contributed by atoms with Crippen LogP contribution in [0.15, 0.2) is 18.3 Å². The molecule has 1 aliphatic rings. The molecule has 1 aromatic rings. The quantitative estimate of drug-likeness (QED) is 0.789. The SMILES string of the molecule is Nc1cc(OCCOC2CCCCO2)ccn1. The van der Waals surface area contributed by atoms with E-state index in [-0.39, 0.29) is 6.29 Å². The number of aromatic nitrogens is 1. The molecule has 2 heterocycles. The molecule has 2 rings (SSSR count). The van der Waals surface area contributed by atoms with Gasteiger partial charge in [-0.15, -0.1) is 0 Å². The zero-order valence-electron chi connectivity index (χ0n) is 9.80. The van der Waals surface area contributed by atoms with E-state index in [1.165, 1.54) is 6.42 Å². The Morgan fingerprint density at radius 3 is 3.12 bits per heavy atom. The number of nitrogens with two attached hydrogens (primary N) is 1. The molecule has 2 N–H and O–H groups in total. The normalized spacial score (nSPS) is 20.1. The van der Waals surface area contributed by atoms with Gasteiger partial charge in [-0.1, -0.05) is 0 Å². The Morgan fingerprint density at radius 1 is 1.41 bits per heavy atom. The van der Waals surface area contributed by atoms with E-state index >= 15 is 0 Å². The van der Waals surface area contributed by atoms with Crippen molar-refractivity contribution in [3.8, 4) is 5.75 Å². The number of nitrogen functional groups attached to an aromatic ring is 1. The van der Waals surface area contributed by atoms with Crippen molar-refractivity contribution in [2.75, 3.05) is 25.6 Å². The Kier molecular flexibility index (Phi) is 4.58. The van der Waals surface area contributed by atoms with Crippen molar-refractivity contribution in [1.82, 2.24) is 4.98 Å². The molecule has 1 aromatic heterocycles. The lowest BCUT2D eigenvalue weighted by atomic mass is 10.2. The first-order valence-corrected chi connectivity index (χ1v) is 5.92. The van der Waals surface area contributed by atoms with Gasteiger partial charge in [-0.3, -0.25) is 0 Å². The first-order valence-electron chi connectivity index (χ1n) is 5.92. The third-order valence-corrected chi connectivity index (χ3v) is 2.55. The average molecular weight is 238 g/mol. The maximum atomic E-state index is 5.54. The Balaban J connectivity index is 1.62. The van der Waals surface area contributed by atoms with Gasteiger partial charge in [0.25, 0.3) is 0 Å². The minimum Gasteiger partial charge on any atom is -0.491 e. The maximum Gasteiger partial charge on any atom is 0.157 e. The lowest BCUT2D eigenvalue weighted by Crippen LogP contribution is -2.24. The van der Waals surface area contributed by atoms with Crippen LogP contribution in [0.4, 0.5) is 5.82 Å². The van der Waals surface area contributed by atoms with Gasteiger partial charge in [-0.25, -0.2) is 4.98 Å². The minimum atomic E-state index is -0.0603. The molecule has 0 aromatic carbocycles. The van der Waals surface area contributed by atoms with E-state index in [1.54, 1.807) is 18.3 Å². The molecule has 0 bridgehead atoms. The highest BCUT2D eigenvalue weighted by Gasteiger charge is 2.13. The number of rotatable bonds is 5. The molecular weight excluding hydrogens is 220 g/mol. The van der Waals surface area contributed by atoms with Crippen LogP contribution >= 0.6 is 0 Å². The second kappa shape index (κ2) is 6.42. The molecule has 0 radical (unpaired) electrons. The zero-order valence-corrected chi connectivity index (χ0v) is 9.80. The molecule has 0 spiro atoms. The summed E-state index contributed by atoms with van der Waals surface area (Å²) in [6, 6.07) is 3.46. The number of anilines is 1. The van der Waals surface area contributed by atoms with Crippen LogP contribution in [0.1, 0.15) is 19.3 Å². The second-order valence-electron chi connectivity index (χ2n) is 3.93. The second-order valence-corrected chi connectivity index (χ2v) is 3.93. The van der Waals surface area contributed by atoms with Gasteiger partial charge in [-0.05, 0) is 25.3 Å². The Bertz CT molecular complexity index is 340. The maximum absolute atomic E-state index is 5.54. The number of nitrogens with zero attached hydrogens (tertiary/aromatic N) is 1. The van der Waals surface area contributed by atoms with Crippen molar-refractivity contribution >= 4 is 5.82 Å². The lowest BCUT2D eigenvalue weighted by molar-refractivity contribution is -0.165. The number of hydrogen-bond donors (Lipinski definition) is 1. The third kappa shape index (κ3) is 4.20. The van der Waals surface area contributed by atoms with Gasteiger partial charge in [0.1, 0.15) is 18.2 Å². The summed E-state index contributed by atoms with van der Waals surface area (Å²) in [5.41, 5.74) is 5.54. The molecule has 5 nitrogen and oxygen atoms in total. The highest BCUT2D eigenvalue weighted by Crippen LogP contribution is 2.14.